The molecule has 160 valence electrons. The lowest BCUT2D eigenvalue weighted by Gasteiger charge is -2.12. The van der Waals surface area contributed by atoms with Crippen molar-refractivity contribution in [3.05, 3.63) is 54.1 Å². The molecule has 2 aromatic rings. The van der Waals surface area contributed by atoms with Crippen LogP contribution in [0.1, 0.15) is 55.8 Å². The van der Waals surface area contributed by atoms with Crippen molar-refractivity contribution in [1.29, 1.82) is 0 Å². The second-order valence-electron chi connectivity index (χ2n) is 7.51. The van der Waals surface area contributed by atoms with E-state index in [2.05, 4.69) is 17.6 Å². The van der Waals surface area contributed by atoms with Crippen LogP contribution in [0.25, 0.3) is 0 Å². The highest BCUT2D eigenvalue weighted by Crippen LogP contribution is 2.19. The highest BCUT2D eigenvalue weighted by atomic mass is 16.5. The van der Waals surface area contributed by atoms with E-state index in [1.807, 2.05) is 6.07 Å². The average Bonchev–Trinajstić information content (AvgIpc) is 3.27. The van der Waals surface area contributed by atoms with Crippen LogP contribution in [0.15, 0.2) is 48.5 Å². The molecule has 30 heavy (non-hydrogen) atoms. The minimum absolute atomic E-state index is 0.00878. The van der Waals surface area contributed by atoms with Gasteiger partial charge in [-0.1, -0.05) is 25.8 Å². The Labute approximate surface area is 178 Å². The van der Waals surface area contributed by atoms with Crippen LogP contribution in [0.3, 0.4) is 0 Å². The van der Waals surface area contributed by atoms with E-state index in [4.69, 9.17) is 9.47 Å². The smallest absolute Gasteiger partial charge is 0.255 e. The number of hydrogen-bond donors (Lipinski definition) is 2. The first kappa shape index (κ1) is 21.8. The molecule has 1 atom stereocenters. The standard InChI is InChI=1S/C24H30N2O4/c1-2-3-4-10-23(27)25-19-7-5-8-20(16-19)26-24(28)18-11-13-21(14-12-18)30-17-22-9-6-15-29-22/h5,7-8,11-14,16,22H,2-4,6,9-10,15,17H2,1H3,(H,25,27)(H,26,28). The lowest BCUT2D eigenvalue weighted by Crippen LogP contribution is -2.16. The maximum atomic E-state index is 12.5. The van der Waals surface area contributed by atoms with Crippen molar-refractivity contribution < 1.29 is 19.1 Å². The quantitative estimate of drug-likeness (QED) is 0.540. The lowest BCUT2D eigenvalue weighted by atomic mass is 10.2. The third-order valence-electron chi connectivity index (χ3n) is 4.99. The Morgan fingerprint density at radius 1 is 1.07 bits per heavy atom. The van der Waals surface area contributed by atoms with E-state index in [0.29, 0.717) is 30.0 Å². The van der Waals surface area contributed by atoms with Gasteiger partial charge < -0.3 is 20.1 Å². The minimum atomic E-state index is -0.216. The number of amides is 2. The third-order valence-corrected chi connectivity index (χ3v) is 4.99. The van der Waals surface area contributed by atoms with Crippen molar-refractivity contribution in [3.63, 3.8) is 0 Å². The first-order chi connectivity index (χ1) is 14.6. The predicted octanol–water partition coefficient (Wildman–Crippen LogP) is 5.02. The Balaban J connectivity index is 1.50. The van der Waals surface area contributed by atoms with Crippen LogP contribution in [-0.4, -0.2) is 31.1 Å². The number of benzene rings is 2. The van der Waals surface area contributed by atoms with Crippen LogP contribution in [0, 0.1) is 0 Å². The molecule has 1 unspecified atom stereocenters. The van der Waals surface area contributed by atoms with E-state index in [1.165, 1.54) is 0 Å². The zero-order valence-corrected chi connectivity index (χ0v) is 17.5. The van der Waals surface area contributed by atoms with Gasteiger partial charge in [-0.3, -0.25) is 9.59 Å². The summed E-state index contributed by atoms with van der Waals surface area (Å²) in [5.74, 6) is 0.493. The van der Waals surface area contributed by atoms with Crippen molar-refractivity contribution >= 4 is 23.2 Å². The number of ether oxygens (including phenoxy) is 2. The first-order valence-corrected chi connectivity index (χ1v) is 10.7. The molecule has 0 aromatic heterocycles. The lowest BCUT2D eigenvalue weighted by molar-refractivity contribution is -0.116. The molecule has 6 nitrogen and oxygen atoms in total. The summed E-state index contributed by atoms with van der Waals surface area (Å²) in [6.45, 7) is 3.44. The summed E-state index contributed by atoms with van der Waals surface area (Å²) in [5.41, 5.74) is 1.84. The highest BCUT2D eigenvalue weighted by Gasteiger charge is 2.16. The molecule has 2 N–H and O–H groups in total. The number of anilines is 2. The number of nitrogens with one attached hydrogen (secondary N) is 2. The second kappa shape index (κ2) is 11.4. The molecule has 0 saturated carbocycles. The molecule has 1 aliphatic heterocycles. The van der Waals surface area contributed by atoms with E-state index in [-0.39, 0.29) is 17.9 Å². The van der Waals surface area contributed by atoms with Crippen molar-refractivity contribution in [2.45, 2.75) is 51.6 Å². The third kappa shape index (κ3) is 6.88. The fourth-order valence-corrected chi connectivity index (χ4v) is 3.30. The highest BCUT2D eigenvalue weighted by molar-refractivity contribution is 6.04. The van der Waals surface area contributed by atoms with Gasteiger partial charge in [0.2, 0.25) is 5.91 Å². The number of rotatable bonds is 10. The number of hydrogen-bond acceptors (Lipinski definition) is 4. The number of unbranched alkanes of at least 4 members (excludes halogenated alkanes) is 2. The Kier molecular flexibility index (Phi) is 8.27. The van der Waals surface area contributed by atoms with Gasteiger partial charge >= 0.3 is 0 Å². The maximum absolute atomic E-state index is 12.5. The monoisotopic (exact) mass is 410 g/mol. The molecule has 6 heteroatoms. The summed E-state index contributed by atoms with van der Waals surface area (Å²) < 4.78 is 11.3. The molecule has 0 spiro atoms. The van der Waals surface area contributed by atoms with Crippen LogP contribution in [-0.2, 0) is 9.53 Å². The van der Waals surface area contributed by atoms with Gasteiger partial charge in [0.05, 0.1) is 6.10 Å². The van der Waals surface area contributed by atoms with E-state index in [9.17, 15) is 9.59 Å². The Bertz CT molecular complexity index is 829. The Morgan fingerprint density at radius 2 is 1.83 bits per heavy atom. The van der Waals surface area contributed by atoms with Crippen LogP contribution >= 0.6 is 0 Å². The Morgan fingerprint density at radius 3 is 2.53 bits per heavy atom. The molecule has 0 aliphatic carbocycles. The van der Waals surface area contributed by atoms with Crippen molar-refractivity contribution in [2.24, 2.45) is 0 Å². The van der Waals surface area contributed by atoms with Crippen LogP contribution < -0.4 is 15.4 Å². The summed E-state index contributed by atoms with van der Waals surface area (Å²) in [7, 11) is 0. The molecule has 3 rings (SSSR count). The molecule has 2 aromatic carbocycles. The minimum Gasteiger partial charge on any atom is -0.491 e. The molecular weight excluding hydrogens is 380 g/mol. The van der Waals surface area contributed by atoms with Gasteiger partial charge in [0, 0.05) is 30.0 Å². The summed E-state index contributed by atoms with van der Waals surface area (Å²) in [5, 5.41) is 5.75. The molecule has 1 aliphatic rings. The van der Waals surface area contributed by atoms with Crippen LogP contribution in [0.5, 0.6) is 5.75 Å². The van der Waals surface area contributed by atoms with E-state index in [1.54, 1.807) is 42.5 Å². The molecule has 1 heterocycles. The maximum Gasteiger partial charge on any atom is 0.255 e. The molecule has 1 saturated heterocycles. The van der Waals surface area contributed by atoms with Gasteiger partial charge in [-0.25, -0.2) is 0 Å². The van der Waals surface area contributed by atoms with Crippen LogP contribution in [0.2, 0.25) is 0 Å². The summed E-state index contributed by atoms with van der Waals surface area (Å²) in [4.78, 5) is 24.5. The molecule has 2 amide bonds. The molecule has 1 fully saturated rings. The van der Waals surface area contributed by atoms with Gasteiger partial charge in [-0.15, -0.1) is 0 Å². The van der Waals surface area contributed by atoms with Gasteiger partial charge in [0.15, 0.2) is 0 Å². The molecular formula is C24H30N2O4. The van der Waals surface area contributed by atoms with Gasteiger partial charge in [-0.2, -0.15) is 0 Å². The summed E-state index contributed by atoms with van der Waals surface area (Å²) in [6, 6.07) is 14.2. The fourth-order valence-electron chi connectivity index (χ4n) is 3.30. The number of carbonyl (C=O) groups is 2. The zero-order chi connectivity index (χ0) is 21.2. The van der Waals surface area contributed by atoms with Gasteiger partial charge in [0.25, 0.3) is 5.91 Å². The van der Waals surface area contributed by atoms with Crippen LogP contribution in [0.4, 0.5) is 11.4 Å². The number of carbonyl (C=O) groups excluding carboxylic acids is 2. The Hall–Kier alpha value is -2.86. The topological polar surface area (TPSA) is 76.7 Å². The van der Waals surface area contributed by atoms with E-state index in [0.717, 1.165) is 44.5 Å². The average molecular weight is 411 g/mol. The first-order valence-electron chi connectivity index (χ1n) is 10.7. The largest absolute Gasteiger partial charge is 0.491 e. The summed E-state index contributed by atoms with van der Waals surface area (Å²) >= 11 is 0. The summed E-state index contributed by atoms with van der Waals surface area (Å²) in [6.07, 6.45) is 5.78. The molecule has 0 radical (unpaired) electrons. The second-order valence-corrected chi connectivity index (χ2v) is 7.51. The SMILES string of the molecule is CCCCCC(=O)Nc1cccc(NC(=O)c2ccc(OCC3CCCO3)cc2)c1. The van der Waals surface area contributed by atoms with Crippen molar-refractivity contribution in [2.75, 3.05) is 23.8 Å². The van der Waals surface area contributed by atoms with Gasteiger partial charge in [-0.05, 0) is 61.7 Å². The van der Waals surface area contributed by atoms with E-state index < -0.39 is 0 Å². The van der Waals surface area contributed by atoms with Gasteiger partial charge in [0.1, 0.15) is 12.4 Å². The van der Waals surface area contributed by atoms with Crippen molar-refractivity contribution in [1.82, 2.24) is 0 Å². The zero-order valence-electron chi connectivity index (χ0n) is 17.5. The van der Waals surface area contributed by atoms with E-state index >= 15 is 0 Å². The normalized spacial score (nSPS) is 15.6. The molecule has 0 bridgehead atoms. The van der Waals surface area contributed by atoms with Crippen molar-refractivity contribution in [3.8, 4) is 5.75 Å². The predicted molar refractivity (Wildman–Crippen MR) is 118 cm³/mol. The fraction of sp³-hybridized carbons (Fsp3) is 0.417.